The van der Waals surface area contributed by atoms with E-state index in [0.29, 0.717) is 5.56 Å². The topological polar surface area (TPSA) is 114 Å². The summed E-state index contributed by atoms with van der Waals surface area (Å²) in [5, 5.41) is 11.9. The van der Waals surface area contributed by atoms with Crippen LogP contribution in [0.2, 0.25) is 0 Å². The van der Waals surface area contributed by atoms with Crippen molar-refractivity contribution in [1.82, 2.24) is 9.55 Å². The predicted octanol–water partition coefficient (Wildman–Crippen LogP) is -0.740. The zero-order valence-electron chi connectivity index (χ0n) is 9.70. The Bertz CT molecular complexity index is 563. The summed E-state index contributed by atoms with van der Waals surface area (Å²) < 4.78 is 6.57. The van der Waals surface area contributed by atoms with Crippen LogP contribution in [0, 0.1) is 11.8 Å². The molecule has 0 radical (unpaired) electrons. The maximum Gasteiger partial charge on any atom is 0.330 e. The van der Waals surface area contributed by atoms with Crippen LogP contribution in [0.3, 0.4) is 0 Å². The van der Waals surface area contributed by atoms with Gasteiger partial charge in [0.25, 0.3) is 5.56 Å². The van der Waals surface area contributed by atoms with Crippen molar-refractivity contribution in [3.05, 3.63) is 37.5 Å². The molecule has 2 rings (SSSR count). The van der Waals surface area contributed by atoms with E-state index in [1.807, 2.05) is 0 Å². The lowest BCUT2D eigenvalue weighted by Gasteiger charge is -2.14. The van der Waals surface area contributed by atoms with Gasteiger partial charge in [0.05, 0.1) is 6.61 Å². The van der Waals surface area contributed by atoms with E-state index in [4.69, 9.17) is 9.84 Å². The zero-order valence-corrected chi connectivity index (χ0v) is 9.70. The second-order valence-corrected chi connectivity index (χ2v) is 4.20. The Morgan fingerprint density at radius 3 is 2.89 bits per heavy atom. The number of aromatic nitrogens is 2. The van der Waals surface area contributed by atoms with Gasteiger partial charge >= 0.3 is 5.69 Å². The summed E-state index contributed by atoms with van der Waals surface area (Å²) in [7, 11) is 0. The summed E-state index contributed by atoms with van der Waals surface area (Å²) in [5.41, 5.74) is -0.710. The number of aryl methyl sites for hydroxylation is 1. The van der Waals surface area contributed by atoms with Gasteiger partial charge in [-0.1, -0.05) is 5.18 Å². The number of hydrogen-bond donors (Lipinski definition) is 2. The second-order valence-electron chi connectivity index (χ2n) is 4.20. The van der Waals surface area contributed by atoms with Crippen LogP contribution in [0.5, 0.6) is 0 Å². The molecule has 0 spiro atoms. The van der Waals surface area contributed by atoms with Crippen LogP contribution >= 0.6 is 0 Å². The molecular formula is C10H13N3O5. The van der Waals surface area contributed by atoms with E-state index in [0.717, 1.165) is 0 Å². The van der Waals surface area contributed by atoms with Crippen molar-refractivity contribution in [2.45, 2.75) is 31.7 Å². The van der Waals surface area contributed by atoms with Crippen LogP contribution in [-0.4, -0.2) is 33.4 Å². The molecule has 1 aromatic heterocycles. The van der Waals surface area contributed by atoms with Crippen molar-refractivity contribution < 1.29 is 9.84 Å². The average Bonchev–Trinajstić information content (AvgIpc) is 2.76. The molecule has 1 saturated heterocycles. The van der Waals surface area contributed by atoms with E-state index in [-0.39, 0.29) is 13.0 Å². The minimum absolute atomic E-state index is 0.195. The first kappa shape index (κ1) is 12.7. The van der Waals surface area contributed by atoms with Gasteiger partial charge in [-0.15, -0.1) is 0 Å². The minimum Gasteiger partial charge on any atom is -0.394 e. The highest BCUT2D eigenvalue weighted by Gasteiger charge is 2.37. The van der Waals surface area contributed by atoms with Gasteiger partial charge in [0.1, 0.15) is 18.4 Å². The third-order valence-electron chi connectivity index (χ3n) is 2.98. The molecule has 8 heteroatoms. The molecule has 0 saturated carbocycles. The van der Waals surface area contributed by atoms with Crippen LogP contribution in [0.15, 0.2) is 21.0 Å². The maximum absolute atomic E-state index is 11.6. The van der Waals surface area contributed by atoms with Gasteiger partial charge in [-0.2, -0.15) is 4.91 Å². The lowest BCUT2D eigenvalue weighted by atomic mass is 10.1. The number of aliphatic hydroxyl groups excluding tert-OH is 1. The van der Waals surface area contributed by atoms with Crippen molar-refractivity contribution in [1.29, 1.82) is 0 Å². The Balaban J connectivity index is 2.34. The van der Waals surface area contributed by atoms with Crippen LogP contribution in [0.4, 0.5) is 0 Å². The SMILES string of the molecule is Cc1cn([C@H]2CC(N=O)[C@@H](CO)O2)c(=O)[nH]c1=O. The largest absolute Gasteiger partial charge is 0.394 e. The fourth-order valence-electron chi connectivity index (χ4n) is 1.96. The quantitative estimate of drug-likeness (QED) is 0.690. The van der Waals surface area contributed by atoms with Crippen LogP contribution < -0.4 is 11.2 Å². The monoisotopic (exact) mass is 255 g/mol. The van der Waals surface area contributed by atoms with Crippen molar-refractivity contribution in [2.24, 2.45) is 5.18 Å². The average molecular weight is 255 g/mol. The van der Waals surface area contributed by atoms with Crippen molar-refractivity contribution in [3.8, 4) is 0 Å². The number of aliphatic hydroxyl groups is 1. The molecule has 0 aromatic carbocycles. The van der Waals surface area contributed by atoms with Crippen LogP contribution in [0.1, 0.15) is 18.2 Å². The highest BCUT2D eigenvalue weighted by molar-refractivity contribution is 5.02. The van der Waals surface area contributed by atoms with E-state index in [1.54, 1.807) is 6.92 Å². The first-order valence-electron chi connectivity index (χ1n) is 5.47. The molecule has 98 valence electrons. The summed E-state index contributed by atoms with van der Waals surface area (Å²) in [6.45, 7) is 1.21. The molecule has 0 amide bonds. The third-order valence-corrected chi connectivity index (χ3v) is 2.98. The second kappa shape index (κ2) is 4.83. The number of ether oxygens (including phenoxy) is 1. The van der Waals surface area contributed by atoms with Gasteiger partial charge in [0.15, 0.2) is 0 Å². The molecule has 1 aliphatic heterocycles. The number of nitrogens with one attached hydrogen (secondary N) is 1. The van der Waals surface area contributed by atoms with Crippen molar-refractivity contribution >= 4 is 0 Å². The Labute approximate surface area is 101 Å². The van der Waals surface area contributed by atoms with Gasteiger partial charge < -0.3 is 9.84 Å². The number of nitroso groups, excluding NO2 is 1. The maximum atomic E-state index is 11.6. The normalized spacial score (nSPS) is 27.3. The molecule has 1 aromatic rings. The summed E-state index contributed by atoms with van der Waals surface area (Å²) in [6.07, 6.45) is 0.146. The van der Waals surface area contributed by atoms with Gasteiger partial charge in [-0.3, -0.25) is 14.3 Å². The first-order chi connectivity index (χ1) is 8.56. The third kappa shape index (κ3) is 2.12. The smallest absolute Gasteiger partial charge is 0.330 e. The molecule has 2 N–H and O–H groups in total. The number of hydrogen-bond acceptors (Lipinski definition) is 6. The Morgan fingerprint density at radius 2 is 2.33 bits per heavy atom. The fourth-order valence-corrected chi connectivity index (χ4v) is 1.96. The highest BCUT2D eigenvalue weighted by Crippen LogP contribution is 2.29. The molecule has 0 aliphatic carbocycles. The molecule has 0 bridgehead atoms. The van der Waals surface area contributed by atoms with E-state index in [9.17, 15) is 14.5 Å². The molecule has 2 heterocycles. The van der Waals surface area contributed by atoms with E-state index >= 15 is 0 Å². The predicted molar refractivity (Wildman–Crippen MR) is 61.3 cm³/mol. The fraction of sp³-hybridized carbons (Fsp3) is 0.600. The van der Waals surface area contributed by atoms with E-state index < -0.39 is 29.6 Å². The van der Waals surface area contributed by atoms with Crippen molar-refractivity contribution in [2.75, 3.05) is 6.61 Å². The standard InChI is InChI=1S/C10H13N3O5/c1-5-3-13(10(16)11-9(5)15)8-2-6(12-17)7(4-14)18-8/h3,6-8,14H,2,4H2,1H3,(H,11,15,16)/t6?,7-,8-/m1/s1. The molecule has 1 fully saturated rings. The van der Waals surface area contributed by atoms with E-state index in [2.05, 4.69) is 10.2 Å². The van der Waals surface area contributed by atoms with Crippen LogP contribution in [-0.2, 0) is 4.74 Å². The van der Waals surface area contributed by atoms with Gasteiger partial charge in [0.2, 0.25) is 0 Å². The Morgan fingerprint density at radius 1 is 1.61 bits per heavy atom. The molecule has 18 heavy (non-hydrogen) atoms. The molecule has 1 aliphatic rings. The molecule has 8 nitrogen and oxygen atoms in total. The Kier molecular flexibility index (Phi) is 3.39. The van der Waals surface area contributed by atoms with Gasteiger partial charge in [0, 0.05) is 18.2 Å². The minimum atomic E-state index is -0.716. The highest BCUT2D eigenvalue weighted by atomic mass is 16.5. The lowest BCUT2D eigenvalue weighted by Crippen LogP contribution is -2.33. The summed E-state index contributed by atoms with van der Waals surface area (Å²) >= 11 is 0. The number of aromatic amines is 1. The van der Waals surface area contributed by atoms with Crippen LogP contribution in [0.25, 0.3) is 0 Å². The summed E-state index contributed by atoms with van der Waals surface area (Å²) in [6, 6.07) is -0.695. The van der Waals surface area contributed by atoms with Crippen molar-refractivity contribution in [3.63, 3.8) is 0 Å². The summed E-state index contributed by atoms with van der Waals surface area (Å²) in [4.78, 5) is 35.6. The Hall–Kier alpha value is -1.80. The van der Waals surface area contributed by atoms with Gasteiger partial charge in [-0.05, 0) is 6.92 Å². The molecular weight excluding hydrogens is 242 g/mol. The lowest BCUT2D eigenvalue weighted by molar-refractivity contribution is -0.0271. The summed E-state index contributed by atoms with van der Waals surface area (Å²) in [5.74, 6) is 0. The molecule has 3 atom stereocenters. The number of H-pyrrole nitrogens is 1. The zero-order chi connectivity index (χ0) is 13.3. The van der Waals surface area contributed by atoms with Gasteiger partial charge in [-0.25, -0.2) is 4.79 Å². The first-order valence-corrected chi connectivity index (χ1v) is 5.47. The number of rotatable bonds is 3. The number of nitrogens with zero attached hydrogens (tertiary/aromatic N) is 2. The van der Waals surface area contributed by atoms with E-state index in [1.165, 1.54) is 10.8 Å². The molecule has 1 unspecified atom stereocenters.